The maximum atomic E-state index is 12.5. The van der Waals surface area contributed by atoms with Crippen LogP contribution in [0.4, 0.5) is 5.69 Å². The van der Waals surface area contributed by atoms with Crippen LogP contribution in [0.25, 0.3) is 0 Å². The summed E-state index contributed by atoms with van der Waals surface area (Å²) in [4.78, 5) is 39.9. The first-order valence-corrected chi connectivity index (χ1v) is 10.6. The zero-order valence-electron chi connectivity index (χ0n) is 18.5. The minimum absolute atomic E-state index is 0.0728. The number of phenolic OH excluding ortho intramolecular Hbond substituents is 1. The molecule has 33 heavy (non-hydrogen) atoms. The summed E-state index contributed by atoms with van der Waals surface area (Å²) in [6.45, 7) is 3.80. The van der Waals surface area contributed by atoms with Crippen molar-refractivity contribution >= 4 is 29.4 Å². The number of carbonyl (C=O) groups is 3. The summed E-state index contributed by atoms with van der Waals surface area (Å²) in [5.41, 5.74) is 0.439. The van der Waals surface area contributed by atoms with Gasteiger partial charge >= 0.3 is 5.97 Å². The third-order valence-corrected chi connectivity index (χ3v) is 4.74. The lowest BCUT2D eigenvalue weighted by atomic mass is 9.98. The first-order chi connectivity index (χ1) is 15.5. The van der Waals surface area contributed by atoms with Crippen LogP contribution in [-0.4, -0.2) is 82.1 Å². The van der Waals surface area contributed by atoms with Crippen LogP contribution >= 0.6 is 0 Å². The van der Waals surface area contributed by atoms with Crippen LogP contribution in [0, 0.1) is 5.92 Å². The van der Waals surface area contributed by atoms with Crippen molar-refractivity contribution in [1.82, 2.24) is 16.0 Å². The number of guanidine groups is 1. The highest BCUT2D eigenvalue weighted by Gasteiger charge is 2.25. The summed E-state index contributed by atoms with van der Waals surface area (Å²) in [6.07, 6.45) is -1.78. The standard InChI is InChI=1S/C21H31N5O7/c1-11(2)3-17(29)16(7-19(31)32)26-18(30)10-22-20(33)12-4-13(6-14(27)5-12)25-21-23-8-15(28)9-24-21/h4-6,11,15-17,27-29H,3,7-10H2,1-2H3,(H,22,33)(H,26,30)(H,31,32)(H2,23,24,25). The van der Waals surface area contributed by atoms with Crippen LogP contribution in [0.15, 0.2) is 23.2 Å². The molecule has 8 N–H and O–H groups in total. The Balaban J connectivity index is 1.96. The molecular formula is C21H31N5O7. The van der Waals surface area contributed by atoms with E-state index in [9.17, 15) is 29.7 Å². The largest absolute Gasteiger partial charge is 0.508 e. The number of β-amino-alcohol motifs (C(OH)–C–C–N with tert-alkyl or cyclic N) is 1. The number of carboxylic acids is 1. The Morgan fingerprint density at radius 3 is 2.58 bits per heavy atom. The van der Waals surface area contributed by atoms with Gasteiger partial charge in [0.25, 0.3) is 5.91 Å². The van der Waals surface area contributed by atoms with Crippen molar-refractivity contribution < 1.29 is 34.8 Å². The number of hydrogen-bond donors (Lipinski definition) is 8. The van der Waals surface area contributed by atoms with Gasteiger partial charge in [-0.25, -0.2) is 0 Å². The Kier molecular flexibility index (Phi) is 9.43. The number of nitrogens with one attached hydrogen (secondary N) is 4. The van der Waals surface area contributed by atoms with Crippen molar-refractivity contribution in [3.05, 3.63) is 23.8 Å². The zero-order valence-corrected chi connectivity index (χ0v) is 18.5. The summed E-state index contributed by atoms with van der Waals surface area (Å²) in [5, 5.41) is 49.3. The van der Waals surface area contributed by atoms with E-state index in [1.54, 1.807) is 0 Å². The Morgan fingerprint density at radius 1 is 1.24 bits per heavy atom. The van der Waals surface area contributed by atoms with E-state index in [0.29, 0.717) is 24.6 Å². The number of aliphatic imine (C=N–C) groups is 1. The van der Waals surface area contributed by atoms with E-state index < -0.39 is 49.0 Å². The molecule has 0 aliphatic carbocycles. The molecule has 0 saturated heterocycles. The van der Waals surface area contributed by atoms with Crippen molar-refractivity contribution in [3.8, 4) is 5.75 Å². The number of nitrogens with zero attached hydrogens (tertiary/aromatic N) is 1. The molecule has 0 saturated carbocycles. The molecule has 3 atom stereocenters. The lowest BCUT2D eigenvalue weighted by Gasteiger charge is -2.24. The topological polar surface area (TPSA) is 193 Å². The molecule has 12 nitrogen and oxygen atoms in total. The molecule has 12 heteroatoms. The van der Waals surface area contributed by atoms with E-state index in [1.165, 1.54) is 18.2 Å². The second kappa shape index (κ2) is 12.0. The van der Waals surface area contributed by atoms with E-state index in [2.05, 4.69) is 26.3 Å². The predicted molar refractivity (Wildman–Crippen MR) is 120 cm³/mol. The average molecular weight is 466 g/mol. The second-order valence-corrected chi connectivity index (χ2v) is 8.27. The highest BCUT2D eigenvalue weighted by Crippen LogP contribution is 2.20. The van der Waals surface area contributed by atoms with E-state index in [4.69, 9.17) is 5.11 Å². The predicted octanol–water partition coefficient (Wildman–Crippen LogP) is -0.779. The molecule has 2 amide bonds. The van der Waals surface area contributed by atoms with Gasteiger partial charge in [0.15, 0.2) is 5.96 Å². The number of anilines is 1. The summed E-state index contributed by atoms with van der Waals surface area (Å²) in [7, 11) is 0. The smallest absolute Gasteiger partial charge is 0.305 e. The van der Waals surface area contributed by atoms with E-state index in [1.807, 2.05) is 13.8 Å². The van der Waals surface area contributed by atoms with Crippen LogP contribution in [-0.2, 0) is 9.59 Å². The number of amides is 2. The SMILES string of the molecule is CC(C)CC(O)C(CC(=O)O)NC(=O)CNC(=O)c1cc(O)cc(NC2=NCC(O)CN2)c1. The maximum Gasteiger partial charge on any atom is 0.305 e. The lowest BCUT2D eigenvalue weighted by Crippen LogP contribution is -2.48. The molecule has 182 valence electrons. The number of benzene rings is 1. The van der Waals surface area contributed by atoms with Gasteiger partial charge in [-0.1, -0.05) is 13.8 Å². The van der Waals surface area contributed by atoms with Gasteiger partial charge in [-0.05, 0) is 24.5 Å². The molecule has 0 spiro atoms. The molecule has 1 heterocycles. The molecule has 3 unspecified atom stereocenters. The quantitative estimate of drug-likeness (QED) is 0.219. The highest BCUT2D eigenvalue weighted by atomic mass is 16.4. The second-order valence-electron chi connectivity index (χ2n) is 8.27. The zero-order chi connectivity index (χ0) is 24.5. The van der Waals surface area contributed by atoms with Crippen LogP contribution in [0.3, 0.4) is 0 Å². The van der Waals surface area contributed by atoms with E-state index in [-0.39, 0.29) is 23.8 Å². The summed E-state index contributed by atoms with van der Waals surface area (Å²) in [6, 6.07) is 3.05. The van der Waals surface area contributed by atoms with Gasteiger partial charge in [-0.3, -0.25) is 19.4 Å². The molecule has 0 aromatic heterocycles. The monoisotopic (exact) mass is 465 g/mol. The number of rotatable bonds is 10. The molecule has 0 bridgehead atoms. The number of carbonyl (C=O) groups excluding carboxylic acids is 2. The summed E-state index contributed by atoms with van der Waals surface area (Å²) >= 11 is 0. The van der Waals surface area contributed by atoms with E-state index >= 15 is 0 Å². The maximum absolute atomic E-state index is 12.5. The molecule has 0 fully saturated rings. The molecule has 1 aromatic carbocycles. The number of phenols is 1. The van der Waals surface area contributed by atoms with Crippen molar-refractivity contribution in [2.45, 2.75) is 44.9 Å². The van der Waals surface area contributed by atoms with Gasteiger partial charge in [0.05, 0.1) is 37.8 Å². The molecule has 1 aliphatic heterocycles. The minimum atomic E-state index is -1.17. The third kappa shape index (κ3) is 8.94. The first kappa shape index (κ1) is 25.9. The molecule has 1 aliphatic rings. The molecule has 1 aromatic rings. The van der Waals surface area contributed by atoms with Gasteiger partial charge in [0, 0.05) is 23.9 Å². The summed E-state index contributed by atoms with van der Waals surface area (Å²) < 4.78 is 0. The highest BCUT2D eigenvalue weighted by molar-refractivity contribution is 6.00. The number of carboxylic acid groups (broad SMARTS) is 1. The lowest BCUT2D eigenvalue weighted by molar-refractivity contribution is -0.138. The van der Waals surface area contributed by atoms with Crippen LogP contribution in [0.5, 0.6) is 5.75 Å². The van der Waals surface area contributed by atoms with Crippen LogP contribution in [0.2, 0.25) is 0 Å². The number of aliphatic hydroxyl groups excluding tert-OH is 2. The normalized spacial score (nSPS) is 17.4. The molecule has 0 radical (unpaired) electrons. The number of aliphatic hydroxyl groups is 2. The summed E-state index contributed by atoms with van der Waals surface area (Å²) in [5.74, 6) is -2.18. The van der Waals surface area contributed by atoms with Gasteiger partial charge < -0.3 is 41.7 Å². The van der Waals surface area contributed by atoms with Crippen molar-refractivity contribution in [2.75, 3.05) is 25.0 Å². The fourth-order valence-electron chi connectivity index (χ4n) is 3.21. The van der Waals surface area contributed by atoms with Crippen LogP contribution < -0.4 is 21.3 Å². The Bertz CT molecular complexity index is 890. The average Bonchev–Trinajstić information content (AvgIpc) is 2.72. The number of hydrogen-bond acceptors (Lipinski definition) is 9. The van der Waals surface area contributed by atoms with Crippen molar-refractivity contribution in [3.63, 3.8) is 0 Å². The molecule has 2 rings (SSSR count). The van der Waals surface area contributed by atoms with Gasteiger partial charge in [-0.2, -0.15) is 0 Å². The van der Waals surface area contributed by atoms with Crippen molar-refractivity contribution in [1.29, 1.82) is 0 Å². The minimum Gasteiger partial charge on any atom is -0.508 e. The van der Waals surface area contributed by atoms with Crippen molar-refractivity contribution in [2.24, 2.45) is 10.9 Å². The van der Waals surface area contributed by atoms with E-state index in [0.717, 1.165) is 0 Å². The van der Waals surface area contributed by atoms with Gasteiger partial charge in [0.2, 0.25) is 5.91 Å². The Hall–Kier alpha value is -3.38. The first-order valence-electron chi connectivity index (χ1n) is 10.6. The Labute approximate surface area is 191 Å². The van der Waals surface area contributed by atoms with Crippen LogP contribution in [0.1, 0.15) is 37.0 Å². The fourth-order valence-corrected chi connectivity index (χ4v) is 3.21. The van der Waals surface area contributed by atoms with Gasteiger partial charge in [-0.15, -0.1) is 0 Å². The third-order valence-electron chi connectivity index (χ3n) is 4.74. The van der Waals surface area contributed by atoms with Gasteiger partial charge in [0.1, 0.15) is 5.75 Å². The number of aliphatic carboxylic acids is 1. The number of aromatic hydroxyl groups is 1. The Morgan fingerprint density at radius 2 is 1.97 bits per heavy atom. The fraction of sp³-hybridized carbons (Fsp3) is 0.524. The molecular weight excluding hydrogens is 434 g/mol.